The lowest BCUT2D eigenvalue weighted by Crippen LogP contribution is -2.42. The fraction of sp³-hybridized carbons (Fsp3) is 0.600. The standard InChI is InChI=1S/C15H24ClFN2OS/c1-15(2,3)21(20)18-13(9-10-19(4)5)11-7-6-8-12(16)14(11)17/h6-8,13,18H,9-10H2,1-5H3/t13-,21+/m1/s1. The third-order valence-electron chi connectivity index (χ3n) is 3.03. The quantitative estimate of drug-likeness (QED) is 0.809. The Bertz CT molecular complexity index is 465. The predicted molar refractivity (Wildman–Crippen MR) is 88.4 cm³/mol. The van der Waals surface area contributed by atoms with Gasteiger partial charge in [0.25, 0.3) is 0 Å². The van der Waals surface area contributed by atoms with Crippen LogP contribution in [0.25, 0.3) is 0 Å². The molecule has 2 atom stereocenters. The second-order valence-electron chi connectivity index (χ2n) is 6.29. The van der Waals surface area contributed by atoms with Gasteiger partial charge < -0.3 is 9.45 Å². The summed E-state index contributed by atoms with van der Waals surface area (Å²) in [6.45, 7) is 6.40. The maximum atomic E-state index is 14.2. The van der Waals surface area contributed by atoms with E-state index in [0.29, 0.717) is 12.0 Å². The third kappa shape index (κ3) is 5.75. The summed E-state index contributed by atoms with van der Waals surface area (Å²) in [4.78, 5) is 2.01. The summed E-state index contributed by atoms with van der Waals surface area (Å²) in [5.74, 6) is -0.443. The van der Waals surface area contributed by atoms with E-state index >= 15 is 0 Å². The van der Waals surface area contributed by atoms with Gasteiger partial charge in [-0.2, -0.15) is 0 Å². The van der Waals surface area contributed by atoms with Crippen LogP contribution in [-0.2, 0) is 11.4 Å². The minimum atomic E-state index is -1.28. The molecule has 0 unspecified atom stereocenters. The van der Waals surface area contributed by atoms with Gasteiger partial charge >= 0.3 is 0 Å². The molecule has 0 saturated heterocycles. The number of halogens is 2. The molecule has 6 heteroatoms. The molecule has 3 nitrogen and oxygen atoms in total. The number of hydrogen-bond acceptors (Lipinski definition) is 3. The zero-order chi connectivity index (χ0) is 16.2. The van der Waals surface area contributed by atoms with Crippen LogP contribution < -0.4 is 4.72 Å². The van der Waals surface area contributed by atoms with Crippen molar-refractivity contribution >= 4 is 23.0 Å². The van der Waals surface area contributed by atoms with Crippen molar-refractivity contribution in [1.29, 1.82) is 0 Å². The van der Waals surface area contributed by atoms with E-state index in [1.807, 2.05) is 39.8 Å². The van der Waals surface area contributed by atoms with Crippen molar-refractivity contribution in [3.8, 4) is 0 Å². The van der Waals surface area contributed by atoms with Crippen LogP contribution >= 0.6 is 11.6 Å². The van der Waals surface area contributed by atoms with E-state index in [9.17, 15) is 8.94 Å². The minimum Gasteiger partial charge on any atom is -0.598 e. The van der Waals surface area contributed by atoms with Crippen molar-refractivity contribution in [2.75, 3.05) is 20.6 Å². The number of benzene rings is 1. The van der Waals surface area contributed by atoms with Crippen LogP contribution in [0.3, 0.4) is 0 Å². The van der Waals surface area contributed by atoms with E-state index in [4.69, 9.17) is 11.6 Å². The maximum absolute atomic E-state index is 14.2. The van der Waals surface area contributed by atoms with E-state index in [-0.39, 0.29) is 11.1 Å². The van der Waals surface area contributed by atoms with E-state index < -0.39 is 21.9 Å². The van der Waals surface area contributed by atoms with Gasteiger partial charge in [-0.3, -0.25) is 0 Å². The molecule has 0 aliphatic heterocycles. The Morgan fingerprint density at radius 2 is 2.00 bits per heavy atom. The first-order chi connectivity index (χ1) is 9.62. The van der Waals surface area contributed by atoms with Gasteiger partial charge in [0.2, 0.25) is 0 Å². The molecule has 0 saturated carbocycles. The summed E-state index contributed by atoms with van der Waals surface area (Å²) < 4.78 is 29.2. The van der Waals surface area contributed by atoms with Crippen LogP contribution in [0.4, 0.5) is 4.39 Å². The molecule has 0 radical (unpaired) electrons. The van der Waals surface area contributed by atoms with Crippen LogP contribution in [0, 0.1) is 5.82 Å². The van der Waals surface area contributed by atoms with Gasteiger partial charge in [-0.05, 0) is 53.9 Å². The number of hydrogen-bond donors (Lipinski definition) is 1. The minimum absolute atomic E-state index is 0.0886. The Kier molecular flexibility index (Phi) is 6.94. The first kappa shape index (κ1) is 18.7. The normalized spacial score (nSPS) is 15.3. The van der Waals surface area contributed by atoms with Crippen molar-refractivity contribution in [3.63, 3.8) is 0 Å². The Morgan fingerprint density at radius 3 is 2.52 bits per heavy atom. The van der Waals surface area contributed by atoms with E-state index in [0.717, 1.165) is 6.54 Å². The van der Waals surface area contributed by atoms with Gasteiger partial charge in [0.15, 0.2) is 0 Å². The molecule has 0 heterocycles. The van der Waals surface area contributed by atoms with Crippen LogP contribution in [0.1, 0.15) is 38.8 Å². The average Bonchev–Trinajstić information content (AvgIpc) is 2.36. The fourth-order valence-electron chi connectivity index (χ4n) is 1.76. The molecular formula is C15H24ClFN2OS. The molecule has 1 N–H and O–H groups in total. The average molecular weight is 335 g/mol. The zero-order valence-electron chi connectivity index (χ0n) is 13.2. The van der Waals surface area contributed by atoms with Gasteiger partial charge in [0.05, 0.1) is 11.1 Å². The second kappa shape index (κ2) is 7.79. The Morgan fingerprint density at radius 1 is 1.38 bits per heavy atom. The zero-order valence-corrected chi connectivity index (χ0v) is 14.8. The van der Waals surface area contributed by atoms with Gasteiger partial charge in [-0.25, -0.2) is 4.39 Å². The lowest BCUT2D eigenvalue weighted by Gasteiger charge is -2.29. The topological polar surface area (TPSA) is 38.3 Å². The highest BCUT2D eigenvalue weighted by Crippen LogP contribution is 2.28. The van der Waals surface area contributed by atoms with Crippen molar-refractivity contribution in [2.45, 2.75) is 38.0 Å². The maximum Gasteiger partial charge on any atom is 0.146 e. The van der Waals surface area contributed by atoms with Crippen LogP contribution in [-0.4, -0.2) is 34.8 Å². The summed E-state index contributed by atoms with van der Waals surface area (Å²) in [6, 6.07) is 4.58. The van der Waals surface area contributed by atoms with Crippen molar-refractivity contribution in [1.82, 2.24) is 9.62 Å². The number of rotatable bonds is 6. The fourth-order valence-corrected chi connectivity index (χ4v) is 2.80. The van der Waals surface area contributed by atoms with E-state index in [1.165, 1.54) is 6.07 Å². The summed E-state index contributed by atoms with van der Waals surface area (Å²) in [6.07, 6.45) is 0.645. The molecule has 0 aromatic heterocycles. The third-order valence-corrected chi connectivity index (χ3v) is 4.93. The molecule has 1 rings (SSSR count). The van der Waals surface area contributed by atoms with Crippen LogP contribution in [0.5, 0.6) is 0 Å². The summed E-state index contributed by atoms with van der Waals surface area (Å²) in [5.41, 5.74) is 0.460. The molecule has 1 aromatic carbocycles. The highest BCUT2D eigenvalue weighted by Gasteiger charge is 2.31. The molecule has 0 aliphatic carbocycles. The predicted octanol–water partition coefficient (Wildman–Crippen LogP) is 3.52. The monoisotopic (exact) mass is 334 g/mol. The van der Waals surface area contributed by atoms with Gasteiger partial charge in [-0.1, -0.05) is 23.7 Å². The molecule has 0 spiro atoms. The van der Waals surface area contributed by atoms with Gasteiger partial charge in [0, 0.05) is 16.9 Å². The summed E-state index contributed by atoms with van der Waals surface area (Å²) >= 11 is 4.58. The van der Waals surface area contributed by atoms with E-state index in [2.05, 4.69) is 4.72 Å². The molecule has 0 aliphatic rings. The highest BCUT2D eigenvalue weighted by atomic mass is 35.5. The summed E-state index contributed by atoms with van der Waals surface area (Å²) in [7, 11) is 3.90. The Labute approximate surface area is 135 Å². The van der Waals surface area contributed by atoms with Gasteiger partial charge in [-0.15, -0.1) is 4.72 Å². The Hall–Kier alpha value is -0.330. The molecule has 1 aromatic rings. The smallest absolute Gasteiger partial charge is 0.146 e. The van der Waals surface area contributed by atoms with Crippen molar-refractivity contribution in [3.05, 3.63) is 34.6 Å². The Balaban J connectivity index is 2.99. The first-order valence-corrected chi connectivity index (χ1v) is 8.42. The lowest BCUT2D eigenvalue weighted by atomic mass is 10.0. The van der Waals surface area contributed by atoms with Crippen LogP contribution in [0.2, 0.25) is 5.02 Å². The first-order valence-electron chi connectivity index (χ1n) is 6.89. The highest BCUT2D eigenvalue weighted by molar-refractivity contribution is 7.90. The SMILES string of the molecule is CN(C)CC[C@@H](N[S@@+]([O-])C(C)(C)C)c1cccc(Cl)c1F. The number of nitrogens with zero attached hydrogens (tertiary/aromatic N) is 1. The molecule has 0 bridgehead atoms. The van der Waals surface area contributed by atoms with Crippen molar-refractivity contribution < 1.29 is 8.94 Å². The molecule has 0 fully saturated rings. The van der Waals surface area contributed by atoms with Crippen LogP contribution in [0.15, 0.2) is 18.2 Å². The lowest BCUT2D eigenvalue weighted by molar-refractivity contribution is 0.370. The number of nitrogens with one attached hydrogen (secondary N) is 1. The molecule has 0 amide bonds. The largest absolute Gasteiger partial charge is 0.598 e. The molecule has 120 valence electrons. The van der Waals surface area contributed by atoms with Crippen molar-refractivity contribution in [2.24, 2.45) is 0 Å². The summed E-state index contributed by atoms with van der Waals surface area (Å²) in [5, 5.41) is 0.0886. The second-order valence-corrected chi connectivity index (χ2v) is 8.69. The van der Waals surface area contributed by atoms with Gasteiger partial charge in [0.1, 0.15) is 10.6 Å². The van der Waals surface area contributed by atoms with E-state index in [1.54, 1.807) is 12.1 Å². The molecular weight excluding hydrogens is 311 g/mol. The molecule has 21 heavy (non-hydrogen) atoms.